The molecule has 4 heterocycles. The van der Waals surface area contributed by atoms with E-state index < -0.39 is 30.2 Å². The Morgan fingerprint density at radius 1 is 1.23 bits per heavy atom. The van der Waals surface area contributed by atoms with Gasteiger partial charge in [-0.2, -0.15) is 14.8 Å². The number of fused-ring (bicyclic) bond motifs is 1. The first-order valence-corrected chi connectivity index (χ1v) is 10.6. The normalized spacial score (nSPS) is 12.2. The third kappa shape index (κ3) is 5.07. The zero-order valence-corrected chi connectivity index (χ0v) is 18.8. The predicted molar refractivity (Wildman–Crippen MR) is 124 cm³/mol. The molecule has 4 rings (SSSR count). The zero-order valence-electron chi connectivity index (χ0n) is 18.8. The van der Waals surface area contributed by atoms with Crippen molar-refractivity contribution in [3.05, 3.63) is 72.1 Å². The number of nitrogens with zero attached hydrogens (tertiary/aromatic N) is 5. The molecule has 178 valence electrons. The number of hydrogen-bond acceptors (Lipinski definition) is 7. The summed E-state index contributed by atoms with van der Waals surface area (Å²) in [7, 11) is 0. The van der Waals surface area contributed by atoms with Crippen molar-refractivity contribution < 1.29 is 18.7 Å². The molecule has 4 aromatic rings. The van der Waals surface area contributed by atoms with Gasteiger partial charge in [0.1, 0.15) is 12.2 Å². The van der Waals surface area contributed by atoms with E-state index in [-0.39, 0.29) is 16.9 Å². The number of carbonyl (C=O) groups is 1. The summed E-state index contributed by atoms with van der Waals surface area (Å²) in [5, 5.41) is 28.4. The molecule has 0 unspecified atom stereocenters. The van der Waals surface area contributed by atoms with Gasteiger partial charge in [-0.15, -0.1) is 0 Å². The molecule has 4 aromatic heterocycles. The van der Waals surface area contributed by atoms with Crippen molar-refractivity contribution in [1.29, 1.82) is 5.26 Å². The SMILES string of the molecule is CC(C)(O)[C@H](F)CNC(=O)c1cnc(-c2ccc3cc(C#N)cnn23)cc1Nc1cccnc1F. The van der Waals surface area contributed by atoms with Crippen molar-refractivity contribution in [2.75, 3.05) is 11.9 Å². The van der Waals surface area contributed by atoms with Gasteiger partial charge in [0.2, 0.25) is 5.95 Å². The van der Waals surface area contributed by atoms with Crippen LogP contribution in [0.25, 0.3) is 16.9 Å². The van der Waals surface area contributed by atoms with Gasteiger partial charge in [-0.1, -0.05) is 0 Å². The number of nitriles is 1. The summed E-state index contributed by atoms with van der Waals surface area (Å²) >= 11 is 0. The molecular weight excluding hydrogens is 456 g/mol. The van der Waals surface area contributed by atoms with Crippen LogP contribution in [0.3, 0.4) is 0 Å². The maximum absolute atomic E-state index is 14.2. The number of amides is 1. The highest BCUT2D eigenvalue weighted by Gasteiger charge is 2.27. The van der Waals surface area contributed by atoms with Crippen LogP contribution in [0, 0.1) is 17.3 Å². The summed E-state index contributed by atoms with van der Waals surface area (Å²) in [6.07, 6.45) is 2.28. The Kier molecular flexibility index (Phi) is 6.40. The minimum absolute atomic E-state index is 0.0235. The number of halogens is 2. The second kappa shape index (κ2) is 9.44. The van der Waals surface area contributed by atoms with Crippen molar-refractivity contribution in [3.63, 3.8) is 0 Å². The van der Waals surface area contributed by atoms with E-state index >= 15 is 0 Å². The third-order valence-electron chi connectivity index (χ3n) is 5.28. The third-order valence-corrected chi connectivity index (χ3v) is 5.28. The molecule has 0 saturated heterocycles. The first-order chi connectivity index (χ1) is 16.7. The topological polar surface area (TPSA) is 128 Å². The number of hydrogen-bond donors (Lipinski definition) is 3. The lowest BCUT2D eigenvalue weighted by Crippen LogP contribution is -2.42. The van der Waals surface area contributed by atoms with Crippen LogP contribution in [0.4, 0.5) is 20.2 Å². The minimum atomic E-state index is -1.71. The van der Waals surface area contributed by atoms with Gasteiger partial charge < -0.3 is 15.7 Å². The first kappa shape index (κ1) is 23.7. The Balaban J connectivity index is 1.73. The molecule has 0 aliphatic rings. The molecule has 3 N–H and O–H groups in total. The lowest BCUT2D eigenvalue weighted by molar-refractivity contribution is -0.00177. The lowest BCUT2D eigenvalue weighted by atomic mass is 10.0. The quantitative estimate of drug-likeness (QED) is 0.348. The van der Waals surface area contributed by atoms with Gasteiger partial charge in [0.15, 0.2) is 0 Å². The van der Waals surface area contributed by atoms with Crippen LogP contribution < -0.4 is 10.6 Å². The number of carbonyl (C=O) groups excluding carboxylic acids is 1. The molecule has 0 bridgehead atoms. The highest BCUT2D eigenvalue weighted by atomic mass is 19.1. The van der Waals surface area contributed by atoms with E-state index in [1.54, 1.807) is 22.7 Å². The smallest absolute Gasteiger partial charge is 0.255 e. The Hall–Kier alpha value is -4.43. The molecule has 0 fully saturated rings. The number of alkyl halides is 1. The molecule has 11 heteroatoms. The summed E-state index contributed by atoms with van der Waals surface area (Å²) < 4.78 is 30.0. The minimum Gasteiger partial charge on any atom is -0.387 e. The maximum atomic E-state index is 14.2. The highest BCUT2D eigenvalue weighted by molar-refractivity contribution is 6.00. The van der Waals surface area contributed by atoms with E-state index in [9.17, 15) is 18.7 Å². The number of rotatable bonds is 7. The molecule has 35 heavy (non-hydrogen) atoms. The van der Waals surface area contributed by atoms with Crippen molar-refractivity contribution >= 4 is 22.8 Å². The average molecular weight is 477 g/mol. The van der Waals surface area contributed by atoms with Crippen molar-refractivity contribution in [1.82, 2.24) is 24.9 Å². The maximum Gasteiger partial charge on any atom is 0.255 e. The molecule has 0 spiro atoms. The summed E-state index contributed by atoms with van der Waals surface area (Å²) in [6, 6.07) is 11.7. The predicted octanol–water partition coefficient (Wildman–Crippen LogP) is 3.38. The molecule has 1 amide bonds. The van der Waals surface area contributed by atoms with Gasteiger partial charge in [-0.3, -0.25) is 9.78 Å². The second-order valence-electron chi connectivity index (χ2n) is 8.32. The molecular formula is C24H21F2N7O2. The van der Waals surface area contributed by atoms with Crippen molar-refractivity contribution in [2.24, 2.45) is 0 Å². The fourth-order valence-electron chi connectivity index (χ4n) is 3.29. The van der Waals surface area contributed by atoms with Crippen LogP contribution in [0.15, 0.2) is 55.0 Å². The lowest BCUT2D eigenvalue weighted by Gasteiger charge is -2.22. The highest BCUT2D eigenvalue weighted by Crippen LogP contribution is 2.28. The second-order valence-corrected chi connectivity index (χ2v) is 8.32. The standard InChI is InChI=1S/C24H21F2N7O2/c1-24(2,35)21(25)13-30-23(34)16-12-29-19(9-18(16)32-17-4-3-7-28-22(17)26)20-6-5-15-8-14(10-27)11-31-33(15)20/h3-9,11-12,21,35H,13H2,1-2H3,(H,29,32)(H,30,34)/t21-/m1/s1. The largest absolute Gasteiger partial charge is 0.387 e. The number of aliphatic hydroxyl groups is 1. The molecule has 0 radical (unpaired) electrons. The van der Waals surface area contributed by atoms with Gasteiger partial charge in [0.25, 0.3) is 5.91 Å². The Morgan fingerprint density at radius 2 is 2.03 bits per heavy atom. The average Bonchev–Trinajstić information content (AvgIpc) is 3.26. The van der Waals surface area contributed by atoms with Crippen LogP contribution in [-0.4, -0.2) is 48.9 Å². The zero-order chi connectivity index (χ0) is 25.2. The van der Waals surface area contributed by atoms with Crippen molar-refractivity contribution in [2.45, 2.75) is 25.6 Å². The molecule has 0 aromatic carbocycles. The van der Waals surface area contributed by atoms with Crippen LogP contribution in [0.5, 0.6) is 0 Å². The summed E-state index contributed by atoms with van der Waals surface area (Å²) in [6.45, 7) is 2.17. The fraction of sp³-hybridized carbons (Fsp3) is 0.208. The Morgan fingerprint density at radius 3 is 2.74 bits per heavy atom. The van der Waals surface area contributed by atoms with Gasteiger partial charge in [0.05, 0.1) is 57.7 Å². The molecule has 1 atom stereocenters. The van der Waals surface area contributed by atoms with E-state index in [2.05, 4.69) is 25.7 Å². The Labute approximate surface area is 199 Å². The van der Waals surface area contributed by atoms with Gasteiger partial charge in [-0.05, 0) is 50.2 Å². The summed E-state index contributed by atoms with van der Waals surface area (Å²) in [5.41, 5.74) is 0.647. The van der Waals surface area contributed by atoms with E-state index in [0.29, 0.717) is 22.5 Å². The fourth-order valence-corrected chi connectivity index (χ4v) is 3.29. The van der Waals surface area contributed by atoms with Crippen LogP contribution in [0.1, 0.15) is 29.8 Å². The summed E-state index contributed by atoms with van der Waals surface area (Å²) in [4.78, 5) is 20.8. The van der Waals surface area contributed by atoms with E-state index in [4.69, 9.17) is 5.26 Å². The van der Waals surface area contributed by atoms with E-state index in [0.717, 1.165) is 0 Å². The van der Waals surface area contributed by atoms with Crippen LogP contribution >= 0.6 is 0 Å². The van der Waals surface area contributed by atoms with Gasteiger partial charge in [0, 0.05) is 12.4 Å². The molecule has 0 aliphatic heterocycles. The number of aromatic nitrogens is 4. The number of pyridine rings is 2. The molecule has 9 nitrogen and oxygen atoms in total. The summed E-state index contributed by atoms with van der Waals surface area (Å²) in [5.74, 6) is -1.44. The van der Waals surface area contributed by atoms with Gasteiger partial charge >= 0.3 is 0 Å². The van der Waals surface area contributed by atoms with Crippen molar-refractivity contribution in [3.8, 4) is 17.5 Å². The first-order valence-electron chi connectivity index (χ1n) is 10.6. The van der Waals surface area contributed by atoms with E-state index in [1.165, 1.54) is 50.6 Å². The van der Waals surface area contributed by atoms with Crippen LogP contribution in [-0.2, 0) is 0 Å². The van der Waals surface area contributed by atoms with Crippen LogP contribution in [0.2, 0.25) is 0 Å². The Bertz CT molecular complexity index is 1440. The number of anilines is 2. The monoisotopic (exact) mass is 477 g/mol. The van der Waals surface area contributed by atoms with Gasteiger partial charge in [-0.25, -0.2) is 13.9 Å². The number of nitrogens with one attached hydrogen (secondary N) is 2. The molecule has 0 saturated carbocycles. The van der Waals surface area contributed by atoms with E-state index in [1.807, 2.05) is 6.07 Å². The molecule has 0 aliphatic carbocycles.